The molecule has 0 aliphatic heterocycles. The number of halogens is 2. The molecule has 4 rings (SSSR count). The van der Waals surface area contributed by atoms with Crippen molar-refractivity contribution in [1.82, 2.24) is 0 Å². The summed E-state index contributed by atoms with van der Waals surface area (Å²) in [6.07, 6.45) is 6.71. The van der Waals surface area contributed by atoms with Gasteiger partial charge in [-0.25, -0.2) is 0 Å². The molecule has 0 radical (unpaired) electrons. The molecule has 4 heteroatoms. The summed E-state index contributed by atoms with van der Waals surface area (Å²) >= 11 is 0. The van der Waals surface area contributed by atoms with Gasteiger partial charge in [-0.05, 0) is 17.0 Å². The van der Waals surface area contributed by atoms with Gasteiger partial charge in [-0.2, -0.15) is 18.1 Å². The van der Waals surface area contributed by atoms with E-state index >= 15 is 0 Å². The summed E-state index contributed by atoms with van der Waals surface area (Å²) in [6.45, 7) is 2.10. The molecule has 0 fully saturated rings. The first kappa shape index (κ1) is 25.4. The van der Waals surface area contributed by atoms with Crippen LogP contribution >= 0.6 is 0 Å². The minimum absolute atomic E-state index is 0. The van der Waals surface area contributed by atoms with Crippen molar-refractivity contribution in [3.8, 4) is 0 Å². The summed E-state index contributed by atoms with van der Waals surface area (Å²) in [4.78, 5) is 0. The van der Waals surface area contributed by atoms with Crippen molar-refractivity contribution in [1.29, 1.82) is 0 Å². The second-order valence-corrected chi connectivity index (χ2v) is 5.75. The molecule has 27 heavy (non-hydrogen) atoms. The molecule has 1 atom stereocenters. The Kier molecular flexibility index (Phi) is 11.9. The van der Waals surface area contributed by atoms with Gasteiger partial charge in [0.25, 0.3) is 0 Å². The molecule has 0 bridgehead atoms. The molecule has 3 aromatic rings. The van der Waals surface area contributed by atoms with Crippen LogP contribution in [0.1, 0.15) is 35.1 Å². The van der Waals surface area contributed by atoms with Gasteiger partial charge < -0.3 is 30.5 Å². The molecule has 0 aromatic heterocycles. The van der Waals surface area contributed by atoms with Crippen molar-refractivity contribution in [3.05, 3.63) is 119 Å². The predicted octanol–water partition coefficient (Wildman–Crippen LogP) is 0.793. The minimum atomic E-state index is 0. The molecule has 1 aliphatic carbocycles. The molecule has 0 spiro atoms. The average molecular weight is 430 g/mol. The summed E-state index contributed by atoms with van der Waals surface area (Å²) in [6, 6.07) is 26.4. The van der Waals surface area contributed by atoms with Crippen molar-refractivity contribution >= 4 is 11.8 Å². The quantitative estimate of drug-likeness (QED) is 0.425. The summed E-state index contributed by atoms with van der Waals surface area (Å²) in [7, 11) is 0. The van der Waals surface area contributed by atoms with Crippen LogP contribution in [0.2, 0.25) is 0 Å². The zero-order valence-corrected chi connectivity index (χ0v) is 18.1. The number of allylic oxidation sites excluding steroid dienone is 1. The summed E-state index contributed by atoms with van der Waals surface area (Å²) in [5.41, 5.74) is 13.1. The zero-order chi connectivity index (χ0) is 16.8. The third-order valence-corrected chi connectivity index (χ3v) is 4.22. The number of hydrogen-bond donors (Lipinski definition) is 0. The largest absolute Gasteiger partial charge is 2.00 e. The molecule has 1 N–H and O–H groups in total. The van der Waals surface area contributed by atoms with Gasteiger partial charge in [-0.15, -0.1) is 23.4 Å². The van der Waals surface area contributed by atoms with Crippen LogP contribution in [0, 0.1) is 6.42 Å². The molecule has 3 aromatic carbocycles. The maximum Gasteiger partial charge on any atom is 2.00 e. The molecule has 0 amide bonds. The molecule has 1 nitrogen and oxygen atoms in total. The van der Waals surface area contributed by atoms with Gasteiger partial charge in [-0.1, -0.05) is 79.7 Å². The molecule has 1 unspecified atom stereocenters. The van der Waals surface area contributed by atoms with E-state index in [4.69, 9.17) is 5.73 Å². The van der Waals surface area contributed by atoms with Gasteiger partial charge in [0.1, 0.15) is 0 Å². The fourth-order valence-electron chi connectivity index (χ4n) is 3.02. The monoisotopic (exact) mass is 429 g/mol. The standard InChI is InChI=1S/C17H15.C6H6N.2ClH.Ti/c1-2-13-7-3-5-9-15(13)17-12-11-14-8-4-6-10-16(14)17;7-6-4-2-1-3-5-6;;;/h2-12,17H,1H3;1-5,7H;2*1H;/q2*-1;;;+2/p-2. The van der Waals surface area contributed by atoms with E-state index in [1.807, 2.05) is 18.2 Å². The molecule has 0 heterocycles. The Morgan fingerprint density at radius 2 is 1.30 bits per heavy atom. The van der Waals surface area contributed by atoms with Crippen LogP contribution in [0.3, 0.4) is 0 Å². The summed E-state index contributed by atoms with van der Waals surface area (Å²) in [5.74, 6) is 0.415. The van der Waals surface area contributed by atoms with Crippen LogP contribution in [-0.4, -0.2) is 0 Å². The van der Waals surface area contributed by atoms with Gasteiger partial charge >= 0.3 is 21.7 Å². The summed E-state index contributed by atoms with van der Waals surface area (Å²) < 4.78 is 0. The Morgan fingerprint density at radius 3 is 1.89 bits per heavy atom. The van der Waals surface area contributed by atoms with Crippen molar-refractivity contribution in [2.45, 2.75) is 12.8 Å². The Balaban J connectivity index is 0.000000585. The van der Waals surface area contributed by atoms with Crippen molar-refractivity contribution < 1.29 is 46.5 Å². The fraction of sp³-hybridized carbons (Fsp3) is 0.0870. The van der Waals surface area contributed by atoms with Crippen molar-refractivity contribution in [2.75, 3.05) is 0 Å². The predicted molar refractivity (Wildman–Crippen MR) is 103 cm³/mol. The van der Waals surface area contributed by atoms with Crippen LogP contribution < -0.4 is 24.8 Å². The van der Waals surface area contributed by atoms with E-state index in [1.165, 1.54) is 22.3 Å². The molecule has 0 saturated carbocycles. The fourth-order valence-corrected chi connectivity index (χ4v) is 3.02. The van der Waals surface area contributed by atoms with Crippen molar-refractivity contribution in [3.63, 3.8) is 0 Å². The van der Waals surface area contributed by atoms with E-state index in [9.17, 15) is 0 Å². The third kappa shape index (κ3) is 6.48. The van der Waals surface area contributed by atoms with Crippen LogP contribution in [0.5, 0.6) is 0 Å². The van der Waals surface area contributed by atoms with E-state index in [0.717, 1.165) is 0 Å². The van der Waals surface area contributed by atoms with Gasteiger partial charge in [-0.3, -0.25) is 0 Å². The average Bonchev–Trinajstić information content (AvgIpc) is 3.07. The zero-order valence-electron chi connectivity index (χ0n) is 15.1. The van der Waals surface area contributed by atoms with Gasteiger partial charge in [0, 0.05) is 0 Å². The molecule has 1 aliphatic rings. The Hall–Kier alpha value is -1.64. The molecule has 138 valence electrons. The molecule has 0 saturated heterocycles. The number of hydrogen-bond acceptors (Lipinski definition) is 0. The Bertz CT molecular complexity index is 835. The van der Waals surface area contributed by atoms with E-state index in [0.29, 0.717) is 11.6 Å². The Morgan fingerprint density at radius 1 is 0.741 bits per heavy atom. The smallest absolute Gasteiger partial charge is 1.00 e. The summed E-state index contributed by atoms with van der Waals surface area (Å²) in [5, 5.41) is 0. The Labute approximate surface area is 189 Å². The van der Waals surface area contributed by atoms with Gasteiger partial charge in [0.05, 0.1) is 0 Å². The first-order valence-corrected chi connectivity index (χ1v) is 8.21. The maximum atomic E-state index is 7.00. The third-order valence-electron chi connectivity index (χ3n) is 4.22. The minimum Gasteiger partial charge on any atom is -1.00 e. The normalized spacial score (nSPS) is 12.9. The number of nitrogens with one attached hydrogen (secondary N) is 1. The number of fused-ring (bicyclic) bond motifs is 1. The number of rotatable bonds is 2. The van der Waals surface area contributed by atoms with E-state index in [1.54, 1.807) is 12.1 Å². The van der Waals surface area contributed by atoms with E-state index in [-0.39, 0.29) is 46.5 Å². The van der Waals surface area contributed by atoms with E-state index < -0.39 is 0 Å². The topological polar surface area (TPSA) is 23.8 Å². The van der Waals surface area contributed by atoms with E-state index in [2.05, 4.69) is 74.0 Å². The SMILES string of the molecule is C[CH-]c1ccccc1C1C=Cc2ccccc21.[Cl-].[Cl-].[NH-]c1ccccc1.[Ti+2]. The van der Waals surface area contributed by atoms with Gasteiger partial charge in [0.2, 0.25) is 0 Å². The first-order chi connectivity index (χ1) is 11.8. The van der Waals surface area contributed by atoms with Gasteiger partial charge in [0.15, 0.2) is 0 Å². The number of benzene rings is 3. The maximum absolute atomic E-state index is 7.00. The van der Waals surface area contributed by atoms with Crippen LogP contribution in [0.25, 0.3) is 11.8 Å². The molecular weight excluding hydrogens is 409 g/mol. The molecular formula is C23H21Cl2NTi-2. The van der Waals surface area contributed by atoms with Crippen molar-refractivity contribution in [2.24, 2.45) is 0 Å². The van der Waals surface area contributed by atoms with Crippen LogP contribution in [0.4, 0.5) is 5.69 Å². The second kappa shape index (κ2) is 12.7. The first-order valence-electron chi connectivity index (χ1n) is 8.21. The van der Waals surface area contributed by atoms with Crippen LogP contribution in [-0.2, 0) is 21.7 Å². The second-order valence-electron chi connectivity index (χ2n) is 5.75. The van der Waals surface area contributed by atoms with Crippen LogP contribution in [0.15, 0.2) is 84.9 Å².